The van der Waals surface area contributed by atoms with Crippen LogP contribution in [-0.2, 0) is 0 Å². The average Bonchev–Trinajstić information content (AvgIpc) is 2.18. The number of aliphatic hydroxyl groups excluding tert-OH is 1. The minimum atomic E-state index is 0.131. The molecule has 1 aliphatic carbocycles. The summed E-state index contributed by atoms with van der Waals surface area (Å²) in [5.41, 5.74) is 6.05. The van der Waals surface area contributed by atoms with Crippen LogP contribution >= 0.6 is 0 Å². The van der Waals surface area contributed by atoms with E-state index in [9.17, 15) is 0 Å². The Morgan fingerprint density at radius 1 is 1.60 bits per heavy atom. The smallest absolute Gasteiger partial charge is 0.0445 e. The molecule has 1 saturated carbocycles. The van der Waals surface area contributed by atoms with Crippen LogP contribution in [0.4, 0.5) is 0 Å². The second kappa shape index (κ2) is 5.83. The molecular weight excluding hydrogens is 188 g/mol. The third kappa shape index (κ3) is 3.74. The van der Waals surface area contributed by atoms with Gasteiger partial charge in [-0.15, -0.1) is 0 Å². The molecule has 0 aliphatic heterocycles. The lowest BCUT2D eigenvalue weighted by Gasteiger charge is -2.42. The standard InChI is InChI=1S/C12H26N2O/c1-10-4-3-6-12(8-10,9-13)14-11(2)5-7-15/h10-11,14-15H,3-9,13H2,1-2H3. The van der Waals surface area contributed by atoms with Gasteiger partial charge in [-0.25, -0.2) is 0 Å². The summed E-state index contributed by atoms with van der Waals surface area (Å²) >= 11 is 0. The Hall–Kier alpha value is -0.120. The zero-order valence-electron chi connectivity index (χ0n) is 10.1. The summed E-state index contributed by atoms with van der Waals surface area (Å²) in [6, 6.07) is 0.365. The number of nitrogens with one attached hydrogen (secondary N) is 1. The lowest BCUT2D eigenvalue weighted by atomic mass is 9.76. The molecule has 0 saturated heterocycles. The van der Waals surface area contributed by atoms with Crippen LogP contribution in [0.2, 0.25) is 0 Å². The molecule has 3 nitrogen and oxygen atoms in total. The van der Waals surface area contributed by atoms with Gasteiger partial charge < -0.3 is 16.2 Å². The van der Waals surface area contributed by atoms with Crippen molar-refractivity contribution in [1.82, 2.24) is 5.32 Å². The molecule has 3 atom stereocenters. The van der Waals surface area contributed by atoms with Crippen molar-refractivity contribution in [3.8, 4) is 0 Å². The first kappa shape index (κ1) is 12.9. The van der Waals surface area contributed by atoms with Gasteiger partial charge in [0.15, 0.2) is 0 Å². The number of aliphatic hydroxyl groups is 1. The van der Waals surface area contributed by atoms with E-state index in [1.54, 1.807) is 0 Å². The van der Waals surface area contributed by atoms with Gasteiger partial charge in [-0.05, 0) is 32.1 Å². The Kier molecular flexibility index (Phi) is 5.03. The van der Waals surface area contributed by atoms with Crippen LogP contribution in [-0.4, -0.2) is 29.8 Å². The van der Waals surface area contributed by atoms with Gasteiger partial charge in [-0.1, -0.05) is 19.8 Å². The van der Waals surface area contributed by atoms with Crippen molar-refractivity contribution in [2.45, 2.75) is 57.5 Å². The van der Waals surface area contributed by atoms with Crippen molar-refractivity contribution >= 4 is 0 Å². The van der Waals surface area contributed by atoms with Crippen LogP contribution in [0.3, 0.4) is 0 Å². The van der Waals surface area contributed by atoms with Gasteiger partial charge in [0, 0.05) is 24.7 Å². The van der Waals surface area contributed by atoms with E-state index >= 15 is 0 Å². The molecule has 0 aromatic carbocycles. The second-order valence-electron chi connectivity index (χ2n) is 5.24. The normalized spacial score (nSPS) is 34.0. The van der Waals surface area contributed by atoms with E-state index in [0.29, 0.717) is 12.6 Å². The fourth-order valence-corrected chi connectivity index (χ4v) is 2.82. The largest absolute Gasteiger partial charge is 0.396 e. The van der Waals surface area contributed by atoms with Gasteiger partial charge in [0.1, 0.15) is 0 Å². The molecular formula is C12H26N2O. The van der Waals surface area contributed by atoms with Crippen LogP contribution in [0.15, 0.2) is 0 Å². The molecule has 4 N–H and O–H groups in total. The highest BCUT2D eigenvalue weighted by Crippen LogP contribution is 2.32. The van der Waals surface area contributed by atoms with Gasteiger partial charge in [-0.2, -0.15) is 0 Å². The summed E-state index contributed by atoms with van der Waals surface area (Å²) in [6.45, 7) is 5.41. The first-order chi connectivity index (χ1) is 7.12. The molecule has 1 rings (SSSR count). The molecule has 0 spiro atoms. The Labute approximate surface area is 93.4 Å². The van der Waals surface area contributed by atoms with Crippen LogP contribution < -0.4 is 11.1 Å². The maximum absolute atomic E-state index is 8.90. The van der Waals surface area contributed by atoms with Crippen molar-refractivity contribution in [1.29, 1.82) is 0 Å². The first-order valence-corrected chi connectivity index (χ1v) is 6.20. The van der Waals surface area contributed by atoms with Gasteiger partial charge in [0.2, 0.25) is 0 Å². The summed E-state index contributed by atoms with van der Waals surface area (Å²) in [5, 5.41) is 12.5. The molecule has 1 fully saturated rings. The molecule has 0 aromatic heterocycles. The summed E-state index contributed by atoms with van der Waals surface area (Å²) in [7, 11) is 0. The summed E-state index contributed by atoms with van der Waals surface area (Å²) < 4.78 is 0. The molecule has 0 bridgehead atoms. The number of hydrogen-bond acceptors (Lipinski definition) is 3. The topological polar surface area (TPSA) is 58.3 Å². The van der Waals surface area contributed by atoms with Crippen LogP contribution in [0, 0.1) is 5.92 Å². The quantitative estimate of drug-likeness (QED) is 0.645. The van der Waals surface area contributed by atoms with E-state index in [1.807, 2.05) is 0 Å². The molecule has 15 heavy (non-hydrogen) atoms. The van der Waals surface area contributed by atoms with E-state index in [0.717, 1.165) is 12.3 Å². The van der Waals surface area contributed by atoms with Crippen LogP contribution in [0.25, 0.3) is 0 Å². The lowest BCUT2D eigenvalue weighted by Crippen LogP contribution is -2.56. The van der Waals surface area contributed by atoms with E-state index in [1.165, 1.54) is 25.7 Å². The molecule has 0 radical (unpaired) electrons. The van der Waals surface area contributed by atoms with Crippen molar-refractivity contribution in [2.24, 2.45) is 11.7 Å². The van der Waals surface area contributed by atoms with Crippen molar-refractivity contribution in [3.63, 3.8) is 0 Å². The van der Waals surface area contributed by atoms with Gasteiger partial charge >= 0.3 is 0 Å². The molecule has 1 aliphatic rings. The first-order valence-electron chi connectivity index (χ1n) is 6.20. The minimum absolute atomic E-state index is 0.131. The maximum Gasteiger partial charge on any atom is 0.0445 e. The minimum Gasteiger partial charge on any atom is -0.396 e. The molecule has 3 heteroatoms. The summed E-state index contributed by atoms with van der Waals surface area (Å²) in [4.78, 5) is 0. The Bertz CT molecular complexity index is 186. The van der Waals surface area contributed by atoms with Gasteiger partial charge in [0.05, 0.1) is 0 Å². The third-order valence-corrected chi connectivity index (χ3v) is 3.60. The fourth-order valence-electron chi connectivity index (χ4n) is 2.82. The van der Waals surface area contributed by atoms with Crippen molar-refractivity contribution in [3.05, 3.63) is 0 Å². The second-order valence-corrected chi connectivity index (χ2v) is 5.24. The van der Waals surface area contributed by atoms with Crippen molar-refractivity contribution in [2.75, 3.05) is 13.2 Å². The Morgan fingerprint density at radius 2 is 2.33 bits per heavy atom. The number of hydrogen-bond donors (Lipinski definition) is 3. The predicted octanol–water partition coefficient (Wildman–Crippen LogP) is 1.25. The molecule has 0 aromatic rings. The van der Waals surface area contributed by atoms with Gasteiger partial charge in [-0.3, -0.25) is 0 Å². The highest BCUT2D eigenvalue weighted by Gasteiger charge is 2.34. The van der Waals surface area contributed by atoms with E-state index in [-0.39, 0.29) is 12.1 Å². The summed E-state index contributed by atoms with van der Waals surface area (Å²) in [6.07, 6.45) is 5.79. The monoisotopic (exact) mass is 214 g/mol. The zero-order valence-corrected chi connectivity index (χ0v) is 10.1. The molecule has 0 heterocycles. The molecule has 90 valence electrons. The van der Waals surface area contributed by atoms with E-state index in [4.69, 9.17) is 10.8 Å². The Morgan fingerprint density at radius 3 is 2.87 bits per heavy atom. The number of nitrogens with two attached hydrogens (primary N) is 1. The molecule has 0 amide bonds. The highest BCUT2D eigenvalue weighted by atomic mass is 16.3. The summed E-state index contributed by atoms with van der Waals surface area (Å²) in [5.74, 6) is 0.774. The van der Waals surface area contributed by atoms with Crippen LogP contribution in [0.1, 0.15) is 46.0 Å². The Balaban J connectivity index is 2.51. The van der Waals surface area contributed by atoms with Crippen molar-refractivity contribution < 1.29 is 5.11 Å². The lowest BCUT2D eigenvalue weighted by molar-refractivity contribution is 0.166. The zero-order chi connectivity index (χ0) is 11.3. The predicted molar refractivity (Wildman–Crippen MR) is 63.7 cm³/mol. The fraction of sp³-hybridized carbons (Fsp3) is 1.00. The third-order valence-electron chi connectivity index (χ3n) is 3.60. The highest BCUT2D eigenvalue weighted by molar-refractivity contribution is 4.95. The average molecular weight is 214 g/mol. The van der Waals surface area contributed by atoms with Crippen LogP contribution in [0.5, 0.6) is 0 Å². The van der Waals surface area contributed by atoms with E-state index in [2.05, 4.69) is 19.2 Å². The van der Waals surface area contributed by atoms with E-state index < -0.39 is 0 Å². The number of rotatable bonds is 5. The SMILES string of the molecule is CC1CCCC(CN)(NC(C)CCO)C1. The molecule has 3 unspecified atom stereocenters. The maximum atomic E-state index is 8.90. The van der Waals surface area contributed by atoms with Gasteiger partial charge in [0.25, 0.3) is 0 Å².